The SMILES string of the molecule is C=CCn1c(CN(C(=O)c2ccc(CCCC)cc2)C2CCCC2)nc2ccccc21. The number of para-hydroxylation sites is 2. The lowest BCUT2D eigenvalue weighted by Gasteiger charge is -2.29. The number of carbonyl (C=O) groups is 1. The van der Waals surface area contributed by atoms with Crippen molar-refractivity contribution in [2.75, 3.05) is 0 Å². The molecule has 4 nitrogen and oxygen atoms in total. The fourth-order valence-corrected chi connectivity index (χ4v) is 4.67. The summed E-state index contributed by atoms with van der Waals surface area (Å²) in [6, 6.07) is 16.7. The maximum absolute atomic E-state index is 13.6. The Morgan fingerprint density at radius 1 is 1.16 bits per heavy atom. The van der Waals surface area contributed by atoms with Gasteiger partial charge in [0.25, 0.3) is 5.91 Å². The van der Waals surface area contributed by atoms with Crippen LogP contribution < -0.4 is 0 Å². The van der Waals surface area contributed by atoms with Crippen molar-refractivity contribution < 1.29 is 4.79 Å². The van der Waals surface area contributed by atoms with Gasteiger partial charge in [0.15, 0.2) is 0 Å². The first-order chi connectivity index (χ1) is 15.2. The number of unbranched alkanes of at least 4 members (excludes halogenated alkanes) is 1. The zero-order valence-corrected chi connectivity index (χ0v) is 18.6. The van der Waals surface area contributed by atoms with Crippen LogP contribution in [-0.2, 0) is 19.5 Å². The predicted molar refractivity (Wildman–Crippen MR) is 127 cm³/mol. The van der Waals surface area contributed by atoms with Gasteiger partial charge in [0.2, 0.25) is 0 Å². The van der Waals surface area contributed by atoms with Gasteiger partial charge in [0.05, 0.1) is 17.6 Å². The highest BCUT2D eigenvalue weighted by atomic mass is 16.2. The topological polar surface area (TPSA) is 38.1 Å². The minimum Gasteiger partial charge on any atom is -0.328 e. The molecule has 31 heavy (non-hydrogen) atoms. The molecule has 1 aromatic heterocycles. The van der Waals surface area contributed by atoms with E-state index in [9.17, 15) is 4.79 Å². The van der Waals surface area contributed by atoms with Crippen LogP contribution in [0.3, 0.4) is 0 Å². The van der Waals surface area contributed by atoms with Crippen LogP contribution in [-0.4, -0.2) is 26.4 Å². The Hall–Kier alpha value is -2.88. The number of benzene rings is 2. The molecule has 1 fully saturated rings. The molecule has 0 spiro atoms. The molecule has 1 saturated carbocycles. The molecule has 0 bridgehead atoms. The zero-order chi connectivity index (χ0) is 21.6. The molecular formula is C27H33N3O. The van der Waals surface area contributed by atoms with Gasteiger partial charge < -0.3 is 9.47 Å². The normalized spacial score (nSPS) is 14.2. The van der Waals surface area contributed by atoms with Gasteiger partial charge in [0.1, 0.15) is 5.82 Å². The minimum atomic E-state index is 0.117. The van der Waals surface area contributed by atoms with E-state index in [1.165, 1.54) is 31.2 Å². The molecule has 0 unspecified atom stereocenters. The summed E-state index contributed by atoms with van der Waals surface area (Å²) in [6.45, 7) is 7.35. The number of aryl methyl sites for hydroxylation is 1. The molecular weight excluding hydrogens is 382 g/mol. The van der Waals surface area contributed by atoms with Crippen molar-refractivity contribution in [3.8, 4) is 0 Å². The van der Waals surface area contributed by atoms with Gasteiger partial charge in [0, 0.05) is 18.2 Å². The van der Waals surface area contributed by atoms with E-state index < -0.39 is 0 Å². The first-order valence-corrected chi connectivity index (χ1v) is 11.7. The number of hydrogen-bond acceptors (Lipinski definition) is 2. The standard InChI is InChI=1S/C27H33N3O/c1-3-5-10-21-15-17-22(18-16-21)27(31)30(23-11-6-7-12-23)20-26-28-24-13-8-9-14-25(24)29(26)19-4-2/h4,8-9,13-18,23H,2-3,5-7,10-12,19-20H2,1H3. The number of imidazole rings is 1. The fraction of sp³-hybridized carbons (Fsp3) is 0.407. The Balaban J connectivity index is 1.63. The molecule has 1 aliphatic carbocycles. The van der Waals surface area contributed by atoms with E-state index in [1.807, 2.05) is 36.4 Å². The second-order valence-corrected chi connectivity index (χ2v) is 8.59. The third kappa shape index (κ3) is 4.73. The highest BCUT2D eigenvalue weighted by molar-refractivity contribution is 5.94. The number of allylic oxidation sites excluding steroid dienone is 1. The van der Waals surface area contributed by atoms with E-state index in [4.69, 9.17) is 4.98 Å². The summed E-state index contributed by atoms with van der Waals surface area (Å²) in [6.07, 6.45) is 9.85. The van der Waals surface area contributed by atoms with Crippen molar-refractivity contribution in [1.29, 1.82) is 0 Å². The summed E-state index contributed by atoms with van der Waals surface area (Å²) in [7, 11) is 0. The molecule has 0 saturated heterocycles. The van der Waals surface area contributed by atoms with Crippen molar-refractivity contribution in [3.05, 3.63) is 78.1 Å². The molecule has 1 aliphatic rings. The third-order valence-corrected chi connectivity index (χ3v) is 6.40. The number of nitrogens with zero attached hydrogens (tertiary/aromatic N) is 3. The smallest absolute Gasteiger partial charge is 0.254 e. The van der Waals surface area contributed by atoms with Crippen LogP contribution in [0.1, 0.15) is 67.2 Å². The summed E-state index contributed by atoms with van der Waals surface area (Å²) < 4.78 is 2.19. The van der Waals surface area contributed by atoms with Crippen molar-refractivity contribution in [1.82, 2.24) is 14.5 Å². The van der Waals surface area contributed by atoms with Crippen LogP contribution in [0.15, 0.2) is 61.2 Å². The first-order valence-electron chi connectivity index (χ1n) is 11.7. The van der Waals surface area contributed by atoms with Gasteiger partial charge in [-0.3, -0.25) is 4.79 Å². The second-order valence-electron chi connectivity index (χ2n) is 8.59. The zero-order valence-electron chi connectivity index (χ0n) is 18.6. The maximum Gasteiger partial charge on any atom is 0.254 e. The number of aromatic nitrogens is 2. The Bertz CT molecular complexity index is 1030. The molecule has 162 valence electrons. The summed E-state index contributed by atoms with van der Waals surface area (Å²) in [5.41, 5.74) is 4.15. The number of fused-ring (bicyclic) bond motifs is 1. The minimum absolute atomic E-state index is 0.117. The summed E-state index contributed by atoms with van der Waals surface area (Å²) >= 11 is 0. The lowest BCUT2D eigenvalue weighted by Crippen LogP contribution is -2.39. The largest absolute Gasteiger partial charge is 0.328 e. The number of carbonyl (C=O) groups excluding carboxylic acids is 1. The fourth-order valence-electron chi connectivity index (χ4n) is 4.67. The lowest BCUT2D eigenvalue weighted by atomic mass is 10.0. The number of amides is 1. The van der Waals surface area contributed by atoms with Crippen LogP contribution in [0.5, 0.6) is 0 Å². The van der Waals surface area contributed by atoms with Gasteiger partial charge in [-0.2, -0.15) is 0 Å². The van der Waals surface area contributed by atoms with Crippen LogP contribution in [0, 0.1) is 0 Å². The number of rotatable bonds is 9. The molecule has 1 heterocycles. The van der Waals surface area contributed by atoms with E-state index >= 15 is 0 Å². The van der Waals surface area contributed by atoms with E-state index in [-0.39, 0.29) is 11.9 Å². The van der Waals surface area contributed by atoms with E-state index in [0.717, 1.165) is 41.7 Å². The summed E-state index contributed by atoms with van der Waals surface area (Å²) in [4.78, 5) is 20.6. The van der Waals surface area contributed by atoms with Crippen molar-refractivity contribution in [3.63, 3.8) is 0 Å². The van der Waals surface area contributed by atoms with Crippen molar-refractivity contribution in [2.45, 2.75) is 71.0 Å². The highest BCUT2D eigenvalue weighted by Gasteiger charge is 2.29. The van der Waals surface area contributed by atoms with Crippen LogP contribution >= 0.6 is 0 Å². The summed E-state index contributed by atoms with van der Waals surface area (Å²) in [5.74, 6) is 1.05. The van der Waals surface area contributed by atoms with E-state index in [2.05, 4.69) is 41.2 Å². The molecule has 1 amide bonds. The lowest BCUT2D eigenvalue weighted by molar-refractivity contribution is 0.0657. The predicted octanol–water partition coefficient (Wildman–Crippen LogP) is 6.15. The molecule has 0 aliphatic heterocycles. The van der Waals surface area contributed by atoms with Crippen molar-refractivity contribution >= 4 is 16.9 Å². The van der Waals surface area contributed by atoms with E-state index in [0.29, 0.717) is 13.1 Å². The van der Waals surface area contributed by atoms with Crippen LogP contribution in [0.25, 0.3) is 11.0 Å². The molecule has 0 radical (unpaired) electrons. The number of hydrogen-bond donors (Lipinski definition) is 0. The average molecular weight is 416 g/mol. The van der Waals surface area contributed by atoms with Gasteiger partial charge in [-0.05, 0) is 55.5 Å². The second kappa shape index (κ2) is 9.95. The average Bonchev–Trinajstić information content (AvgIpc) is 3.45. The van der Waals surface area contributed by atoms with Crippen LogP contribution in [0.4, 0.5) is 0 Å². The quantitative estimate of drug-likeness (QED) is 0.393. The first kappa shape index (κ1) is 21.4. The third-order valence-electron chi connectivity index (χ3n) is 6.40. The molecule has 4 heteroatoms. The molecule has 0 N–H and O–H groups in total. The molecule has 3 aromatic rings. The Kier molecular flexibility index (Phi) is 6.86. The molecule has 0 atom stereocenters. The Morgan fingerprint density at radius 2 is 1.90 bits per heavy atom. The molecule has 4 rings (SSSR count). The Labute approximate surface area is 185 Å². The summed E-state index contributed by atoms with van der Waals surface area (Å²) in [5, 5.41) is 0. The van der Waals surface area contributed by atoms with Gasteiger partial charge in [-0.25, -0.2) is 4.98 Å². The van der Waals surface area contributed by atoms with Crippen molar-refractivity contribution in [2.24, 2.45) is 0 Å². The van der Waals surface area contributed by atoms with Gasteiger partial charge in [-0.15, -0.1) is 6.58 Å². The van der Waals surface area contributed by atoms with Gasteiger partial charge >= 0.3 is 0 Å². The van der Waals surface area contributed by atoms with E-state index in [1.54, 1.807) is 0 Å². The maximum atomic E-state index is 13.6. The molecule has 2 aromatic carbocycles. The monoisotopic (exact) mass is 415 g/mol. The highest BCUT2D eigenvalue weighted by Crippen LogP contribution is 2.28. The Morgan fingerprint density at radius 3 is 2.61 bits per heavy atom. The van der Waals surface area contributed by atoms with Crippen LogP contribution in [0.2, 0.25) is 0 Å². The van der Waals surface area contributed by atoms with Gasteiger partial charge in [-0.1, -0.05) is 56.5 Å².